The van der Waals surface area contributed by atoms with Crippen LogP contribution in [0.1, 0.15) is 232 Å². The molecule has 0 aliphatic heterocycles. The second-order valence-electron chi connectivity index (χ2n) is 19.4. The molecule has 0 amide bonds. The van der Waals surface area contributed by atoms with E-state index < -0.39 is 39.9 Å². The molecule has 2 aromatic carbocycles. The second kappa shape index (κ2) is 33.8. The molecule has 2 aliphatic carbocycles. The molecule has 0 aromatic heterocycles. The third-order valence-corrected chi connectivity index (χ3v) is 22.1. The summed E-state index contributed by atoms with van der Waals surface area (Å²) >= 11 is -4.88. The first-order valence-electron chi connectivity index (χ1n) is 27.1. The van der Waals surface area contributed by atoms with Crippen LogP contribution in [0.25, 0.3) is 0 Å². The molecular weight excluding hydrogens is 849 g/mol. The van der Waals surface area contributed by atoms with Crippen molar-refractivity contribution in [2.24, 2.45) is 0 Å². The van der Waals surface area contributed by atoms with E-state index in [4.69, 9.17) is 0 Å². The minimum atomic E-state index is -4.88. The number of allylic oxidation sites excluding steroid dienone is 8. The van der Waals surface area contributed by atoms with Gasteiger partial charge in [-0.3, -0.25) is 0 Å². The Balaban J connectivity index is 1.29. The number of hydrogen-bond donors (Lipinski definition) is 2. The first kappa shape index (κ1) is 55.0. The van der Waals surface area contributed by atoms with Gasteiger partial charge < -0.3 is 0 Å². The van der Waals surface area contributed by atoms with E-state index in [9.17, 15) is 0 Å². The molecule has 0 atom stereocenters. The third-order valence-electron chi connectivity index (χ3n) is 14.1. The summed E-state index contributed by atoms with van der Waals surface area (Å²) in [7, 11) is 0. The molecule has 0 saturated heterocycles. The number of unbranched alkanes of at least 4 members (excludes halogenated alkanes) is 30. The van der Waals surface area contributed by atoms with Crippen LogP contribution < -0.4 is 18.4 Å². The molecule has 2 aliphatic rings. The van der Waals surface area contributed by atoms with Gasteiger partial charge >= 0.3 is 271 Å². The molecule has 4 rings (SSSR count). The molecular formula is C58H90F4N2Ti. The van der Waals surface area contributed by atoms with Crippen LogP contribution in [-0.4, -0.2) is 13.1 Å². The third kappa shape index (κ3) is 18.8. The van der Waals surface area contributed by atoms with E-state index in [-0.39, 0.29) is 19.1 Å². The van der Waals surface area contributed by atoms with Crippen LogP contribution in [0, 0.1) is 23.3 Å². The molecule has 0 radical (unpaired) electrons. The average Bonchev–Trinajstić information content (AvgIpc) is 4.06. The summed E-state index contributed by atoms with van der Waals surface area (Å²) in [5, 5.41) is 6.54. The van der Waals surface area contributed by atoms with Gasteiger partial charge in [-0.25, -0.2) is 0 Å². The van der Waals surface area contributed by atoms with Crippen molar-refractivity contribution in [1.29, 1.82) is 0 Å². The van der Waals surface area contributed by atoms with E-state index in [0.717, 1.165) is 46.3 Å². The topological polar surface area (TPSA) is 24.1 Å². The van der Waals surface area contributed by atoms with Gasteiger partial charge in [0.2, 0.25) is 0 Å². The predicted octanol–water partition coefficient (Wildman–Crippen LogP) is 18.4. The van der Waals surface area contributed by atoms with Crippen LogP contribution in [-0.2, 0) is 16.6 Å². The number of nitrogens with one attached hydrogen (secondary N) is 2. The van der Waals surface area contributed by atoms with E-state index in [1.54, 1.807) is 0 Å². The van der Waals surface area contributed by atoms with Crippen molar-refractivity contribution >= 4 is 19.1 Å². The zero-order chi connectivity index (χ0) is 46.2. The van der Waals surface area contributed by atoms with Crippen LogP contribution in [0.15, 0.2) is 68.5 Å². The van der Waals surface area contributed by atoms with Crippen molar-refractivity contribution in [2.45, 2.75) is 232 Å². The van der Waals surface area contributed by atoms with Crippen molar-refractivity contribution in [2.75, 3.05) is 23.7 Å². The summed E-state index contributed by atoms with van der Waals surface area (Å²) in [5.74, 6) is -2.90. The molecule has 0 saturated carbocycles. The summed E-state index contributed by atoms with van der Waals surface area (Å²) in [4.78, 5) is 0. The zero-order valence-corrected chi connectivity index (χ0v) is 42.8. The fourth-order valence-electron chi connectivity index (χ4n) is 10.3. The Morgan fingerprint density at radius 3 is 0.923 bits per heavy atom. The van der Waals surface area contributed by atoms with Gasteiger partial charge in [0, 0.05) is 0 Å². The van der Waals surface area contributed by atoms with E-state index in [1.165, 1.54) is 191 Å². The zero-order valence-electron chi connectivity index (χ0n) is 41.2. The summed E-state index contributed by atoms with van der Waals surface area (Å²) in [6.07, 6.45) is 53.1. The Bertz CT molecular complexity index is 1600. The molecule has 2 N–H and O–H groups in total. The molecule has 0 spiro atoms. The van der Waals surface area contributed by atoms with Crippen molar-refractivity contribution < 1.29 is 34.2 Å². The number of rotatable bonds is 40. The molecule has 0 fully saturated rings. The van der Waals surface area contributed by atoms with Gasteiger partial charge in [0.25, 0.3) is 0 Å². The van der Waals surface area contributed by atoms with Crippen LogP contribution >= 0.6 is 0 Å². The Morgan fingerprint density at radius 2 is 0.662 bits per heavy atom. The Kier molecular flexibility index (Phi) is 28.6. The molecule has 0 unspecified atom stereocenters. The molecule has 0 heterocycles. The summed E-state index contributed by atoms with van der Waals surface area (Å²) in [6.45, 7) is 5.64. The van der Waals surface area contributed by atoms with Crippen LogP contribution in [0.3, 0.4) is 0 Å². The normalized spacial score (nSPS) is 13.6. The van der Waals surface area contributed by atoms with Crippen LogP contribution in [0.4, 0.5) is 28.9 Å². The quantitative estimate of drug-likeness (QED) is 0.0395. The van der Waals surface area contributed by atoms with Gasteiger partial charge in [-0.05, 0) is 0 Å². The number of halogens is 4. The van der Waals surface area contributed by atoms with Crippen molar-refractivity contribution in [1.82, 2.24) is 0 Å². The Labute approximate surface area is 398 Å². The molecule has 0 bridgehead atoms. The van der Waals surface area contributed by atoms with E-state index in [1.807, 2.05) is 36.5 Å². The second-order valence-corrected chi connectivity index (χ2v) is 25.3. The van der Waals surface area contributed by atoms with Gasteiger partial charge in [0.1, 0.15) is 0 Å². The predicted molar refractivity (Wildman–Crippen MR) is 272 cm³/mol. The Morgan fingerprint density at radius 1 is 0.385 bits per heavy atom. The SMILES string of the molecule is CCCCCCCCCCCCCCCCCCNc1ccc(F)[c]([Ti]([C]2=CC=CC2)([C]2=CC=CC2)[c]2c(F)ccc(NCCCCCCCCCCCCCCCCCC)c2F)c1F. The molecule has 65 heavy (non-hydrogen) atoms. The number of hydrogen-bond acceptors (Lipinski definition) is 2. The fraction of sp³-hybridized carbons (Fsp3) is 0.655. The summed E-state index contributed by atoms with van der Waals surface area (Å²) in [5.41, 5.74) is 0.406. The van der Waals surface area contributed by atoms with Gasteiger partial charge in [0.05, 0.1) is 0 Å². The Hall–Kier alpha value is -2.57. The van der Waals surface area contributed by atoms with E-state index >= 15 is 17.6 Å². The molecule has 7 heteroatoms. The minimum absolute atomic E-state index is 0.139. The van der Waals surface area contributed by atoms with Gasteiger partial charge in [-0.1, -0.05) is 129 Å². The average molecular weight is 939 g/mol. The monoisotopic (exact) mass is 939 g/mol. The van der Waals surface area contributed by atoms with Crippen molar-refractivity contribution in [3.63, 3.8) is 0 Å². The number of benzene rings is 2. The van der Waals surface area contributed by atoms with Gasteiger partial charge in [-0.2, -0.15) is 0 Å². The first-order valence-corrected chi connectivity index (χ1v) is 30.3. The number of anilines is 2. The maximum absolute atomic E-state index is 17.2. The molecule has 2 nitrogen and oxygen atoms in total. The molecule has 2 aromatic rings. The summed E-state index contributed by atoms with van der Waals surface area (Å²) < 4.78 is 68.8. The maximum atomic E-state index is 17.2. The van der Waals surface area contributed by atoms with Crippen molar-refractivity contribution in [3.8, 4) is 0 Å². The van der Waals surface area contributed by atoms with Crippen LogP contribution in [0.5, 0.6) is 0 Å². The molecule has 364 valence electrons. The fourth-order valence-corrected chi connectivity index (χ4v) is 18.6. The van der Waals surface area contributed by atoms with Crippen LogP contribution in [0.2, 0.25) is 0 Å². The van der Waals surface area contributed by atoms with E-state index in [2.05, 4.69) is 24.5 Å². The van der Waals surface area contributed by atoms with Gasteiger partial charge in [-0.15, -0.1) is 0 Å². The van der Waals surface area contributed by atoms with Crippen molar-refractivity contribution in [3.05, 3.63) is 91.7 Å². The first-order chi connectivity index (χ1) is 32.0. The van der Waals surface area contributed by atoms with E-state index in [0.29, 0.717) is 25.9 Å². The standard InChI is InChI=1S/2C24H40F2N.2C5H5.Ti/c2*1-2-3-4-5-6-7-8-9-10-11-12-13-14-15-16-17-20-27-24-19-18-22(25)21-23(24)26;2*1-2-4-5-3-1;/h2*18-19,27H,2-17,20H2,1H3;2*1-3H,4H2;. The summed E-state index contributed by atoms with van der Waals surface area (Å²) in [6, 6.07) is 5.52. The van der Waals surface area contributed by atoms with Gasteiger partial charge in [0.15, 0.2) is 0 Å².